The van der Waals surface area contributed by atoms with Gasteiger partial charge in [0.25, 0.3) is 0 Å². The van der Waals surface area contributed by atoms with Crippen LogP contribution in [0.15, 0.2) is 18.2 Å². The summed E-state index contributed by atoms with van der Waals surface area (Å²) in [5.74, 6) is -1.91. The van der Waals surface area contributed by atoms with E-state index in [9.17, 15) is 31.1 Å². The molecule has 0 spiro atoms. The molecule has 0 aromatic heterocycles. The van der Waals surface area contributed by atoms with Gasteiger partial charge in [0.1, 0.15) is 5.75 Å². The molecule has 0 bridgehead atoms. The smallest absolute Gasteiger partial charge is 0.491 e. The summed E-state index contributed by atoms with van der Waals surface area (Å²) in [7, 11) is 0. The van der Waals surface area contributed by atoms with E-state index in [1.165, 1.54) is 11.1 Å². The molecule has 3 nitrogen and oxygen atoms in total. The highest BCUT2D eigenvalue weighted by Gasteiger charge is 2.43. The molecule has 1 atom stereocenters. The number of hydrogen-bond acceptors (Lipinski definition) is 3. The van der Waals surface area contributed by atoms with Crippen LogP contribution in [0, 0.1) is 0 Å². The first-order valence-corrected chi connectivity index (χ1v) is 5.64. The molecule has 0 fully saturated rings. The van der Waals surface area contributed by atoms with Crippen molar-refractivity contribution in [2.75, 3.05) is 6.61 Å². The maximum Gasteiger partial charge on any atom is 0.491 e. The first-order valence-electron chi connectivity index (χ1n) is 5.64. The Bertz CT molecular complexity index is 500. The van der Waals surface area contributed by atoms with E-state index in [0.29, 0.717) is 0 Å². The fraction of sp³-hybridized carbons (Fsp3) is 0.417. The molecule has 1 unspecified atom stereocenters. The Morgan fingerprint density at radius 2 is 1.86 bits per heavy atom. The van der Waals surface area contributed by atoms with Gasteiger partial charge in [-0.25, -0.2) is 13.6 Å². The van der Waals surface area contributed by atoms with Gasteiger partial charge in [-0.2, -0.15) is 17.6 Å². The van der Waals surface area contributed by atoms with Crippen molar-refractivity contribution in [3.8, 4) is 16.9 Å². The van der Waals surface area contributed by atoms with Gasteiger partial charge in [0.05, 0.1) is 6.61 Å². The monoisotopic (exact) mass is 316 g/mol. The molecule has 0 N–H and O–H groups in total. The third kappa shape index (κ3) is 4.54. The average Bonchev–Trinajstić information content (AvgIpc) is 2.34. The van der Waals surface area contributed by atoms with Crippen LogP contribution in [0.5, 0.6) is 5.75 Å². The number of alkyl halides is 6. The van der Waals surface area contributed by atoms with Crippen LogP contribution in [0.3, 0.4) is 0 Å². The second kappa shape index (κ2) is 6.68. The Labute approximate surface area is 115 Å². The predicted octanol–water partition coefficient (Wildman–Crippen LogP) is 3.72. The standard InChI is InChI=1S/C8H8O.C4H2F6O2/c1-2-9-8-5-6-3-4-7(6)8;5-1(6)2(7)12-3(11)4(8,9)10/h3-5H,2H2,1H3;1-2H. The molecule has 0 amide bonds. The lowest BCUT2D eigenvalue weighted by Gasteiger charge is -2.19. The zero-order chi connectivity index (χ0) is 16.2. The maximum atomic E-state index is 11.6. The van der Waals surface area contributed by atoms with Crippen LogP contribution >= 0.6 is 0 Å². The normalized spacial score (nSPS) is 13.1. The van der Waals surface area contributed by atoms with Gasteiger partial charge >= 0.3 is 24.9 Å². The molecule has 0 aliphatic heterocycles. The summed E-state index contributed by atoms with van der Waals surface area (Å²) in [5.41, 5.74) is 2.65. The highest BCUT2D eigenvalue weighted by atomic mass is 19.4. The van der Waals surface area contributed by atoms with Gasteiger partial charge in [0.2, 0.25) is 0 Å². The minimum absolute atomic E-state index is 0.774. The van der Waals surface area contributed by atoms with Crippen molar-refractivity contribution in [2.45, 2.75) is 25.9 Å². The molecule has 0 radical (unpaired) electrons. The Hall–Kier alpha value is -1.93. The number of ether oxygens (including phenoxy) is 2. The minimum atomic E-state index is -5.46. The van der Waals surface area contributed by atoms with Gasteiger partial charge in [-0.15, -0.1) is 0 Å². The van der Waals surface area contributed by atoms with Gasteiger partial charge in [0, 0.05) is 5.56 Å². The predicted molar refractivity (Wildman–Crippen MR) is 59.7 cm³/mol. The third-order valence-electron chi connectivity index (χ3n) is 2.24. The van der Waals surface area contributed by atoms with Crippen LogP contribution in [0.1, 0.15) is 6.92 Å². The lowest BCUT2D eigenvalue weighted by molar-refractivity contribution is -0.222. The van der Waals surface area contributed by atoms with E-state index in [0.717, 1.165) is 12.4 Å². The van der Waals surface area contributed by atoms with Gasteiger partial charge in [-0.3, -0.25) is 0 Å². The molecule has 0 aromatic rings. The van der Waals surface area contributed by atoms with Crippen molar-refractivity contribution in [3.63, 3.8) is 0 Å². The number of carbonyl (C=O) groups is 1. The van der Waals surface area contributed by atoms with Gasteiger partial charge < -0.3 is 9.47 Å². The average molecular weight is 316 g/mol. The molecule has 118 valence electrons. The number of hydrogen-bond donors (Lipinski definition) is 0. The van der Waals surface area contributed by atoms with E-state index in [-0.39, 0.29) is 0 Å². The first kappa shape index (κ1) is 17.1. The van der Waals surface area contributed by atoms with Crippen molar-refractivity contribution in [3.05, 3.63) is 18.2 Å². The lowest BCUT2D eigenvalue weighted by Crippen LogP contribution is -2.31. The second-order valence-corrected chi connectivity index (χ2v) is 3.73. The minimum Gasteiger partial charge on any atom is -0.493 e. The largest absolute Gasteiger partial charge is 0.493 e. The SMILES string of the molecule is CCOc1cc2ccc1-2.O=C(OC(F)C(F)F)C(F)(F)F. The van der Waals surface area contributed by atoms with E-state index in [1.54, 1.807) is 0 Å². The Kier molecular flexibility index (Phi) is 5.45. The van der Waals surface area contributed by atoms with Gasteiger partial charge in [-0.1, -0.05) is 12.1 Å². The highest BCUT2D eigenvalue weighted by molar-refractivity contribution is 5.84. The summed E-state index contributed by atoms with van der Waals surface area (Å²) in [6, 6.07) is 6.25. The zero-order valence-electron chi connectivity index (χ0n) is 10.6. The van der Waals surface area contributed by atoms with Crippen LogP contribution < -0.4 is 4.74 Å². The van der Waals surface area contributed by atoms with Crippen molar-refractivity contribution >= 4 is 5.97 Å². The van der Waals surface area contributed by atoms with E-state index in [2.05, 4.69) is 22.9 Å². The van der Waals surface area contributed by atoms with E-state index in [1.807, 2.05) is 6.92 Å². The first-order chi connectivity index (χ1) is 9.66. The number of carbonyl (C=O) groups excluding carboxylic acids is 1. The molecule has 2 aliphatic carbocycles. The van der Waals surface area contributed by atoms with Crippen molar-refractivity contribution in [1.29, 1.82) is 0 Å². The summed E-state index contributed by atoms with van der Waals surface area (Å²) in [6.45, 7) is 2.78. The van der Waals surface area contributed by atoms with E-state index >= 15 is 0 Å². The summed E-state index contributed by atoms with van der Waals surface area (Å²) >= 11 is 0. The van der Waals surface area contributed by atoms with Crippen molar-refractivity contribution in [1.82, 2.24) is 0 Å². The molecule has 0 saturated heterocycles. The third-order valence-corrected chi connectivity index (χ3v) is 2.24. The van der Waals surface area contributed by atoms with Crippen LogP contribution in [0.2, 0.25) is 0 Å². The summed E-state index contributed by atoms with van der Waals surface area (Å²) in [6.07, 6.45) is -12.8. The van der Waals surface area contributed by atoms with Crippen LogP contribution in [-0.4, -0.2) is 31.5 Å². The fourth-order valence-corrected chi connectivity index (χ4v) is 1.25. The van der Waals surface area contributed by atoms with E-state index < -0.39 is 24.9 Å². The van der Waals surface area contributed by atoms with Crippen LogP contribution in [0.4, 0.5) is 26.3 Å². The molecular weight excluding hydrogens is 306 g/mol. The van der Waals surface area contributed by atoms with Crippen LogP contribution in [0.25, 0.3) is 11.1 Å². The molecule has 0 saturated carbocycles. The Balaban J connectivity index is 0.000000216. The number of benzene rings is 1. The Morgan fingerprint density at radius 3 is 2.14 bits per heavy atom. The fourth-order valence-electron chi connectivity index (χ4n) is 1.25. The maximum absolute atomic E-state index is 11.6. The summed E-state index contributed by atoms with van der Waals surface area (Å²) in [5, 5.41) is 0. The summed E-state index contributed by atoms with van der Waals surface area (Å²) < 4.78 is 75.4. The quantitative estimate of drug-likeness (QED) is 0.637. The number of rotatable bonds is 4. The number of halogens is 6. The molecule has 2 aliphatic rings. The topological polar surface area (TPSA) is 35.5 Å². The van der Waals surface area contributed by atoms with Crippen LogP contribution in [-0.2, 0) is 9.53 Å². The molecule has 2 rings (SSSR count). The molecule has 0 heterocycles. The van der Waals surface area contributed by atoms with Crippen molar-refractivity contribution in [2.24, 2.45) is 0 Å². The highest BCUT2D eigenvalue weighted by Crippen LogP contribution is 2.42. The van der Waals surface area contributed by atoms with E-state index in [4.69, 9.17) is 4.74 Å². The molecule has 0 aromatic carbocycles. The molecular formula is C12H10F6O3. The zero-order valence-corrected chi connectivity index (χ0v) is 10.6. The molecule has 9 heteroatoms. The Morgan fingerprint density at radius 1 is 1.24 bits per heavy atom. The lowest BCUT2D eigenvalue weighted by atomic mass is 9.92. The number of fused-ring (bicyclic) bond motifs is 1. The number of esters is 1. The van der Waals surface area contributed by atoms with Gasteiger partial charge in [-0.05, 0) is 18.6 Å². The second-order valence-electron chi connectivity index (χ2n) is 3.73. The summed E-state index contributed by atoms with van der Waals surface area (Å²) in [4.78, 5) is 9.66. The van der Waals surface area contributed by atoms with Crippen molar-refractivity contribution < 1.29 is 40.6 Å². The van der Waals surface area contributed by atoms with Gasteiger partial charge in [0.15, 0.2) is 0 Å². The molecule has 21 heavy (non-hydrogen) atoms.